The highest BCUT2D eigenvalue weighted by molar-refractivity contribution is 7.40. The average molecular weight is 347 g/mol. The molecule has 5 aromatic rings. The summed E-state index contributed by atoms with van der Waals surface area (Å²) in [7, 11) is 2.15. The van der Waals surface area contributed by atoms with Crippen molar-refractivity contribution in [2.24, 2.45) is 7.05 Å². The summed E-state index contributed by atoms with van der Waals surface area (Å²) in [6, 6.07) is 15.2. The van der Waals surface area contributed by atoms with Crippen molar-refractivity contribution in [3.63, 3.8) is 0 Å². The molecule has 2 nitrogen and oxygen atoms in total. The zero-order chi connectivity index (χ0) is 16.3. The minimum Gasteiger partial charge on any atom is -0.232 e. The largest absolute Gasteiger partial charge is 0.251 e. The van der Waals surface area contributed by atoms with Crippen LogP contribution in [0.15, 0.2) is 54.0 Å². The van der Waals surface area contributed by atoms with Gasteiger partial charge in [0.2, 0.25) is 5.69 Å². The lowest BCUT2D eigenvalue weighted by atomic mass is 9.98. The van der Waals surface area contributed by atoms with Crippen LogP contribution < -0.4 is 4.57 Å². The Balaban J connectivity index is 1.86. The van der Waals surface area contributed by atoms with E-state index in [2.05, 4.69) is 66.4 Å². The summed E-state index contributed by atoms with van der Waals surface area (Å²) in [6.45, 7) is 2.20. The molecule has 3 heterocycles. The molecule has 0 atom stereocenters. The summed E-state index contributed by atoms with van der Waals surface area (Å²) in [4.78, 5) is 5.87. The van der Waals surface area contributed by atoms with Crippen molar-refractivity contribution in [1.29, 1.82) is 0 Å². The lowest BCUT2D eigenvalue weighted by molar-refractivity contribution is -0.633. The predicted molar refractivity (Wildman–Crippen MR) is 104 cm³/mol. The standard InChI is InChI=1S/C20H15N2S2/c1-12-14-6-4-3-5-13(14)7-8-15(12)17-11-21-19-18(22(17)2)16-9-10-23-20(16)24-19/h3-11H,1-2H3/q+1. The molecule has 0 N–H and O–H groups in total. The molecular weight excluding hydrogens is 332 g/mol. The molecule has 0 aliphatic rings. The lowest BCUT2D eigenvalue weighted by Crippen LogP contribution is -2.32. The van der Waals surface area contributed by atoms with E-state index in [1.54, 1.807) is 22.7 Å². The third-order valence-electron chi connectivity index (χ3n) is 4.75. The Hall–Kier alpha value is -2.30. The first-order valence-electron chi connectivity index (χ1n) is 7.87. The first-order valence-corrected chi connectivity index (χ1v) is 9.57. The number of nitrogens with zero attached hydrogens (tertiary/aromatic N) is 2. The molecule has 0 fully saturated rings. The van der Waals surface area contributed by atoms with Crippen molar-refractivity contribution >= 4 is 53.2 Å². The fraction of sp³-hybridized carbons (Fsp3) is 0.100. The van der Waals surface area contributed by atoms with Gasteiger partial charge in [0.25, 0.3) is 5.52 Å². The topological polar surface area (TPSA) is 16.8 Å². The van der Waals surface area contributed by atoms with Crippen LogP contribution in [0.4, 0.5) is 0 Å². The quantitative estimate of drug-likeness (QED) is 0.368. The van der Waals surface area contributed by atoms with E-state index in [1.165, 1.54) is 36.8 Å². The highest BCUT2D eigenvalue weighted by Crippen LogP contribution is 2.36. The summed E-state index contributed by atoms with van der Waals surface area (Å²) >= 11 is 3.57. The van der Waals surface area contributed by atoms with E-state index in [1.807, 2.05) is 6.20 Å². The van der Waals surface area contributed by atoms with Gasteiger partial charge in [-0.25, -0.2) is 4.98 Å². The van der Waals surface area contributed by atoms with E-state index in [9.17, 15) is 0 Å². The highest BCUT2D eigenvalue weighted by atomic mass is 32.2. The first-order chi connectivity index (χ1) is 11.7. The van der Waals surface area contributed by atoms with Crippen LogP contribution in [0.2, 0.25) is 0 Å². The summed E-state index contributed by atoms with van der Waals surface area (Å²) in [5.74, 6) is 0. The second-order valence-electron chi connectivity index (χ2n) is 6.04. The van der Waals surface area contributed by atoms with Crippen molar-refractivity contribution < 1.29 is 4.57 Å². The molecule has 0 aliphatic heterocycles. The number of thiophene rings is 2. The van der Waals surface area contributed by atoms with Crippen LogP contribution in [-0.2, 0) is 7.05 Å². The maximum atomic E-state index is 4.75. The average Bonchev–Trinajstić information content (AvgIpc) is 3.17. The minimum absolute atomic E-state index is 1.11. The molecule has 0 unspecified atom stereocenters. The third kappa shape index (κ3) is 1.87. The van der Waals surface area contributed by atoms with Crippen molar-refractivity contribution in [1.82, 2.24) is 4.98 Å². The Morgan fingerprint density at radius 2 is 1.88 bits per heavy atom. The summed E-state index contributed by atoms with van der Waals surface area (Å²) in [5, 5.41) is 6.07. The molecule has 0 spiro atoms. The van der Waals surface area contributed by atoms with Gasteiger partial charge in [-0.3, -0.25) is 0 Å². The number of fused-ring (bicyclic) bond motifs is 4. The zero-order valence-corrected chi connectivity index (χ0v) is 15.0. The maximum Gasteiger partial charge on any atom is 0.251 e. The highest BCUT2D eigenvalue weighted by Gasteiger charge is 2.22. The summed E-state index contributed by atoms with van der Waals surface area (Å²) in [6.07, 6.45) is 2.01. The Bertz CT molecular complexity index is 1230. The molecule has 5 rings (SSSR count). The first kappa shape index (κ1) is 14.1. The van der Waals surface area contributed by atoms with Gasteiger partial charge in [-0.1, -0.05) is 41.7 Å². The number of hydrogen-bond donors (Lipinski definition) is 0. The van der Waals surface area contributed by atoms with Gasteiger partial charge in [0.1, 0.15) is 13.2 Å². The molecule has 116 valence electrons. The Labute approximate surface area is 147 Å². The van der Waals surface area contributed by atoms with Gasteiger partial charge in [0, 0.05) is 0 Å². The van der Waals surface area contributed by atoms with Gasteiger partial charge < -0.3 is 0 Å². The molecule has 3 aromatic heterocycles. The summed E-state index contributed by atoms with van der Waals surface area (Å²) < 4.78 is 3.64. The van der Waals surface area contributed by atoms with Crippen LogP contribution in [0.3, 0.4) is 0 Å². The van der Waals surface area contributed by atoms with Crippen molar-refractivity contribution in [3.05, 3.63) is 59.6 Å². The molecular formula is C20H15N2S2+. The van der Waals surface area contributed by atoms with Gasteiger partial charge in [-0.15, -0.1) is 11.3 Å². The zero-order valence-electron chi connectivity index (χ0n) is 13.4. The molecule has 2 aromatic carbocycles. The second kappa shape index (κ2) is 5.10. The van der Waals surface area contributed by atoms with Crippen LogP contribution in [0, 0.1) is 6.92 Å². The van der Waals surface area contributed by atoms with E-state index in [4.69, 9.17) is 4.98 Å². The second-order valence-corrected chi connectivity index (χ2v) is 8.21. The Morgan fingerprint density at radius 1 is 1.00 bits per heavy atom. The van der Waals surface area contributed by atoms with Crippen molar-refractivity contribution in [3.8, 4) is 11.3 Å². The SMILES string of the molecule is Cc1c(-c2cnc3sc4sccc4c3[n+]2C)ccc2ccccc12. The molecule has 0 saturated heterocycles. The smallest absolute Gasteiger partial charge is 0.232 e. The molecule has 0 radical (unpaired) electrons. The fourth-order valence-electron chi connectivity index (χ4n) is 3.49. The van der Waals surface area contributed by atoms with Gasteiger partial charge >= 0.3 is 0 Å². The number of aromatic nitrogens is 2. The van der Waals surface area contributed by atoms with Gasteiger partial charge in [0.15, 0.2) is 4.83 Å². The normalized spacial score (nSPS) is 11.8. The Kier molecular flexibility index (Phi) is 2.99. The molecule has 0 aliphatic carbocycles. The maximum absolute atomic E-state index is 4.75. The predicted octanol–water partition coefficient (Wildman–Crippen LogP) is 5.46. The molecule has 4 heteroatoms. The third-order valence-corrected chi connectivity index (χ3v) is 6.89. The van der Waals surface area contributed by atoms with Crippen molar-refractivity contribution in [2.45, 2.75) is 6.92 Å². The fourth-order valence-corrected chi connectivity index (χ4v) is 5.61. The van der Waals surface area contributed by atoms with Crippen LogP contribution in [0.1, 0.15) is 5.56 Å². The molecule has 0 bridgehead atoms. The molecule has 0 amide bonds. The molecule has 24 heavy (non-hydrogen) atoms. The molecule has 0 saturated carbocycles. The van der Waals surface area contributed by atoms with E-state index in [-0.39, 0.29) is 0 Å². The number of aryl methyl sites for hydroxylation is 2. The monoisotopic (exact) mass is 347 g/mol. The minimum atomic E-state index is 1.11. The van der Waals surface area contributed by atoms with E-state index in [0.717, 1.165) is 10.5 Å². The number of benzene rings is 2. The van der Waals surface area contributed by atoms with Crippen LogP contribution in [-0.4, -0.2) is 4.98 Å². The van der Waals surface area contributed by atoms with Crippen LogP contribution in [0.25, 0.3) is 41.8 Å². The van der Waals surface area contributed by atoms with Gasteiger partial charge in [0.05, 0.1) is 15.0 Å². The van der Waals surface area contributed by atoms with Gasteiger partial charge in [-0.05, 0) is 40.8 Å². The van der Waals surface area contributed by atoms with E-state index >= 15 is 0 Å². The van der Waals surface area contributed by atoms with E-state index < -0.39 is 0 Å². The van der Waals surface area contributed by atoms with E-state index in [0.29, 0.717) is 0 Å². The Morgan fingerprint density at radius 3 is 2.79 bits per heavy atom. The van der Waals surface area contributed by atoms with Gasteiger partial charge in [-0.2, -0.15) is 4.57 Å². The lowest BCUT2D eigenvalue weighted by Gasteiger charge is -2.08. The number of rotatable bonds is 1. The number of hydrogen-bond acceptors (Lipinski definition) is 3. The van der Waals surface area contributed by atoms with Crippen molar-refractivity contribution in [2.75, 3.05) is 0 Å². The van der Waals surface area contributed by atoms with Crippen LogP contribution in [0.5, 0.6) is 0 Å². The van der Waals surface area contributed by atoms with Crippen LogP contribution >= 0.6 is 22.7 Å². The summed E-state index contributed by atoms with van der Waals surface area (Å²) in [5.41, 5.74) is 4.96.